The summed E-state index contributed by atoms with van der Waals surface area (Å²) in [5, 5.41) is 2.54. The van der Waals surface area contributed by atoms with Crippen LogP contribution >= 0.6 is 0 Å². The van der Waals surface area contributed by atoms with E-state index in [1.54, 1.807) is 0 Å². The fourth-order valence-corrected chi connectivity index (χ4v) is 3.66. The van der Waals surface area contributed by atoms with Gasteiger partial charge < -0.3 is 10.1 Å². The van der Waals surface area contributed by atoms with Crippen molar-refractivity contribution in [2.45, 2.75) is 18.8 Å². The van der Waals surface area contributed by atoms with Gasteiger partial charge in [0.2, 0.25) is 0 Å². The Morgan fingerprint density at radius 3 is 2.33 bits per heavy atom. The standard InChI is InChI=1S/C12H12F3NO4S/c13-12(14,15)20-10-3-1-8(2-4-10)11(17)16-9-5-6-21(18,19)7-9/h1-4,9H,5-7H2,(H,16,17). The number of carbonyl (C=O) groups is 1. The number of hydrogen-bond donors (Lipinski definition) is 1. The van der Waals surface area contributed by atoms with Gasteiger partial charge >= 0.3 is 6.36 Å². The smallest absolute Gasteiger partial charge is 0.406 e. The molecule has 1 aliphatic heterocycles. The molecule has 1 amide bonds. The average molecular weight is 323 g/mol. The van der Waals surface area contributed by atoms with Crippen LogP contribution in [-0.2, 0) is 9.84 Å². The summed E-state index contributed by atoms with van der Waals surface area (Å²) in [6.45, 7) is 0. The molecule has 1 aromatic rings. The highest BCUT2D eigenvalue weighted by molar-refractivity contribution is 7.91. The maximum Gasteiger partial charge on any atom is 0.573 e. The summed E-state index contributed by atoms with van der Waals surface area (Å²) in [6.07, 6.45) is -4.45. The number of ether oxygens (including phenoxy) is 1. The van der Waals surface area contributed by atoms with Crippen molar-refractivity contribution in [3.8, 4) is 5.75 Å². The molecule has 0 saturated carbocycles. The summed E-state index contributed by atoms with van der Waals surface area (Å²) in [4.78, 5) is 11.8. The van der Waals surface area contributed by atoms with Crippen LogP contribution in [0.25, 0.3) is 0 Å². The number of amides is 1. The average Bonchev–Trinajstić information content (AvgIpc) is 2.67. The quantitative estimate of drug-likeness (QED) is 0.915. The second-order valence-corrected chi connectivity index (χ2v) is 6.87. The van der Waals surface area contributed by atoms with Crippen LogP contribution in [0.15, 0.2) is 24.3 Å². The summed E-state index contributed by atoms with van der Waals surface area (Å²) in [5.74, 6) is -1.05. The van der Waals surface area contributed by atoms with Crippen LogP contribution < -0.4 is 10.1 Å². The number of nitrogens with one attached hydrogen (secondary N) is 1. The molecule has 1 aliphatic rings. The van der Waals surface area contributed by atoms with Gasteiger partial charge in [0.15, 0.2) is 9.84 Å². The van der Waals surface area contributed by atoms with Crippen molar-refractivity contribution in [2.75, 3.05) is 11.5 Å². The first-order valence-electron chi connectivity index (χ1n) is 6.02. The van der Waals surface area contributed by atoms with Gasteiger partial charge in [-0.15, -0.1) is 13.2 Å². The fourth-order valence-electron chi connectivity index (χ4n) is 1.99. The topological polar surface area (TPSA) is 72.5 Å². The molecule has 1 aromatic carbocycles. The zero-order valence-corrected chi connectivity index (χ0v) is 11.5. The Bertz CT molecular complexity index is 625. The summed E-state index contributed by atoms with van der Waals surface area (Å²) in [5.41, 5.74) is 0.133. The summed E-state index contributed by atoms with van der Waals surface area (Å²) in [6, 6.07) is 3.94. The van der Waals surface area contributed by atoms with Crippen LogP contribution in [-0.4, -0.2) is 38.2 Å². The van der Waals surface area contributed by atoms with Gasteiger partial charge in [0.1, 0.15) is 5.75 Å². The Morgan fingerprint density at radius 1 is 1.24 bits per heavy atom. The van der Waals surface area contributed by atoms with Gasteiger partial charge in [-0.05, 0) is 30.7 Å². The van der Waals surface area contributed by atoms with E-state index in [9.17, 15) is 26.4 Å². The monoisotopic (exact) mass is 323 g/mol. The van der Waals surface area contributed by atoms with Gasteiger partial charge in [0, 0.05) is 11.6 Å². The molecule has 1 heterocycles. The molecule has 1 unspecified atom stereocenters. The van der Waals surface area contributed by atoms with Crippen LogP contribution in [0.2, 0.25) is 0 Å². The van der Waals surface area contributed by atoms with Crippen molar-refractivity contribution in [1.29, 1.82) is 0 Å². The molecule has 9 heteroatoms. The van der Waals surface area contributed by atoms with Gasteiger partial charge in [0.25, 0.3) is 5.91 Å². The number of halogens is 3. The van der Waals surface area contributed by atoms with Gasteiger partial charge in [-0.1, -0.05) is 0 Å². The molecule has 116 valence electrons. The van der Waals surface area contributed by atoms with Crippen LogP contribution in [0.5, 0.6) is 5.75 Å². The number of rotatable bonds is 3. The third-order valence-electron chi connectivity index (χ3n) is 2.92. The molecular formula is C12H12F3NO4S. The van der Waals surface area contributed by atoms with Gasteiger partial charge in [0.05, 0.1) is 11.5 Å². The molecule has 5 nitrogen and oxygen atoms in total. The Balaban J connectivity index is 1.97. The Kier molecular flexibility index (Phi) is 4.13. The lowest BCUT2D eigenvalue weighted by Crippen LogP contribution is -2.35. The van der Waals surface area contributed by atoms with Crippen molar-refractivity contribution >= 4 is 15.7 Å². The van der Waals surface area contributed by atoms with E-state index in [1.165, 1.54) is 12.1 Å². The van der Waals surface area contributed by atoms with Gasteiger partial charge in [-0.2, -0.15) is 0 Å². The molecule has 0 bridgehead atoms. The molecule has 1 fully saturated rings. The molecule has 1 saturated heterocycles. The second kappa shape index (κ2) is 5.55. The van der Waals surface area contributed by atoms with E-state index in [0.29, 0.717) is 6.42 Å². The van der Waals surface area contributed by atoms with E-state index in [-0.39, 0.29) is 17.1 Å². The second-order valence-electron chi connectivity index (χ2n) is 4.65. The lowest BCUT2D eigenvalue weighted by Gasteiger charge is -2.12. The highest BCUT2D eigenvalue weighted by atomic mass is 32.2. The Hall–Kier alpha value is -1.77. The van der Waals surface area contributed by atoms with E-state index in [4.69, 9.17) is 0 Å². The largest absolute Gasteiger partial charge is 0.573 e. The minimum absolute atomic E-state index is 0.0241. The molecule has 2 rings (SSSR count). The third kappa shape index (κ3) is 4.62. The first-order chi connectivity index (χ1) is 9.65. The first kappa shape index (κ1) is 15.6. The van der Waals surface area contributed by atoms with Crippen molar-refractivity contribution in [3.63, 3.8) is 0 Å². The summed E-state index contributed by atoms with van der Waals surface area (Å²) < 4.78 is 62.2. The van der Waals surface area contributed by atoms with Crippen molar-refractivity contribution in [1.82, 2.24) is 5.32 Å². The van der Waals surface area contributed by atoms with Crippen LogP contribution in [0.1, 0.15) is 16.8 Å². The van der Waals surface area contributed by atoms with Crippen molar-refractivity contribution in [2.24, 2.45) is 0 Å². The number of hydrogen-bond acceptors (Lipinski definition) is 4. The van der Waals surface area contributed by atoms with Crippen LogP contribution in [0.4, 0.5) is 13.2 Å². The highest BCUT2D eigenvalue weighted by Crippen LogP contribution is 2.22. The van der Waals surface area contributed by atoms with Gasteiger partial charge in [-0.3, -0.25) is 4.79 Å². The number of carbonyl (C=O) groups excluding carboxylic acids is 1. The zero-order chi connectivity index (χ0) is 15.7. The molecule has 21 heavy (non-hydrogen) atoms. The summed E-state index contributed by atoms with van der Waals surface area (Å²) >= 11 is 0. The van der Waals surface area contributed by atoms with E-state index in [2.05, 4.69) is 10.1 Å². The van der Waals surface area contributed by atoms with E-state index >= 15 is 0 Å². The highest BCUT2D eigenvalue weighted by Gasteiger charge is 2.31. The van der Waals surface area contributed by atoms with Crippen molar-refractivity contribution < 1.29 is 31.1 Å². The van der Waals surface area contributed by atoms with E-state index in [0.717, 1.165) is 12.1 Å². The molecule has 1 atom stereocenters. The SMILES string of the molecule is O=C(NC1CCS(=O)(=O)C1)c1ccc(OC(F)(F)F)cc1. The van der Waals surface area contributed by atoms with Crippen molar-refractivity contribution in [3.05, 3.63) is 29.8 Å². The molecule has 0 radical (unpaired) electrons. The Morgan fingerprint density at radius 2 is 1.86 bits per heavy atom. The number of alkyl halides is 3. The number of sulfone groups is 1. The fraction of sp³-hybridized carbons (Fsp3) is 0.417. The maximum absolute atomic E-state index is 12.0. The lowest BCUT2D eigenvalue weighted by atomic mass is 10.2. The van der Waals surface area contributed by atoms with Crippen LogP contribution in [0, 0.1) is 0 Å². The van der Waals surface area contributed by atoms with Crippen LogP contribution in [0.3, 0.4) is 0 Å². The first-order valence-corrected chi connectivity index (χ1v) is 7.84. The molecule has 0 spiro atoms. The normalized spacial score (nSPS) is 21.0. The minimum Gasteiger partial charge on any atom is -0.406 e. The maximum atomic E-state index is 12.0. The Labute approximate surface area is 119 Å². The van der Waals surface area contributed by atoms with E-state index < -0.39 is 33.9 Å². The van der Waals surface area contributed by atoms with Gasteiger partial charge in [-0.25, -0.2) is 8.42 Å². The molecule has 0 aliphatic carbocycles. The lowest BCUT2D eigenvalue weighted by molar-refractivity contribution is -0.274. The third-order valence-corrected chi connectivity index (χ3v) is 4.69. The number of benzene rings is 1. The minimum atomic E-state index is -4.79. The summed E-state index contributed by atoms with van der Waals surface area (Å²) in [7, 11) is -3.11. The molecule has 1 N–H and O–H groups in total. The van der Waals surface area contributed by atoms with E-state index in [1.807, 2.05) is 0 Å². The predicted molar refractivity (Wildman–Crippen MR) is 67.7 cm³/mol. The molecule has 0 aromatic heterocycles. The predicted octanol–water partition coefficient (Wildman–Crippen LogP) is 1.50. The zero-order valence-electron chi connectivity index (χ0n) is 10.7. The molecular weight excluding hydrogens is 311 g/mol.